The number of benzene rings is 2. The lowest BCUT2D eigenvalue weighted by molar-refractivity contribution is 1.20. The van der Waals surface area contributed by atoms with Gasteiger partial charge in [-0.05, 0) is 55.5 Å². The molecule has 0 aromatic heterocycles. The molecule has 0 radical (unpaired) electrons. The van der Waals surface area contributed by atoms with E-state index >= 15 is 0 Å². The summed E-state index contributed by atoms with van der Waals surface area (Å²) >= 11 is 3.49. The van der Waals surface area contributed by atoms with Gasteiger partial charge in [0.1, 0.15) is 0 Å². The first-order chi connectivity index (χ1) is 10.3. The lowest BCUT2D eigenvalue weighted by atomic mass is 10.2. The van der Waals surface area contributed by atoms with Crippen molar-refractivity contribution < 1.29 is 0 Å². The van der Waals surface area contributed by atoms with Crippen LogP contribution in [0, 0.1) is 0 Å². The Balaban J connectivity index is 2.56. The Morgan fingerprint density at radius 2 is 1.62 bits per heavy atom. The summed E-state index contributed by atoms with van der Waals surface area (Å²) in [5, 5.41) is 0. The van der Waals surface area contributed by atoms with Crippen molar-refractivity contribution in [2.75, 3.05) is 4.90 Å². The molecule has 2 aromatic rings. The summed E-state index contributed by atoms with van der Waals surface area (Å²) in [4.78, 5) is 2.20. The third kappa shape index (κ3) is 3.96. The molecule has 0 aliphatic heterocycles. The molecule has 2 aromatic carbocycles. The van der Waals surface area contributed by atoms with Gasteiger partial charge in [-0.1, -0.05) is 52.9 Å². The predicted molar refractivity (Wildman–Crippen MR) is 95.8 cm³/mol. The quantitative estimate of drug-likeness (QED) is 0.583. The zero-order chi connectivity index (χ0) is 15.1. The van der Waals surface area contributed by atoms with E-state index in [-0.39, 0.29) is 0 Å². The minimum Gasteiger partial charge on any atom is -0.311 e. The summed E-state index contributed by atoms with van der Waals surface area (Å²) in [5.41, 5.74) is 3.29. The minimum absolute atomic E-state index is 1.07. The molecule has 21 heavy (non-hydrogen) atoms. The molecule has 0 unspecified atom stereocenters. The molecule has 2 rings (SSSR count). The van der Waals surface area contributed by atoms with Crippen LogP contribution in [0.1, 0.15) is 6.92 Å². The van der Waals surface area contributed by atoms with Crippen LogP contribution in [0.25, 0.3) is 0 Å². The van der Waals surface area contributed by atoms with Crippen molar-refractivity contribution in [2.45, 2.75) is 6.92 Å². The fourth-order valence-corrected chi connectivity index (χ4v) is 2.37. The first-order valence-corrected chi connectivity index (χ1v) is 7.61. The Morgan fingerprint density at radius 1 is 1.00 bits per heavy atom. The summed E-state index contributed by atoms with van der Waals surface area (Å²) in [6.45, 7) is 5.84. The molecule has 0 amide bonds. The molecule has 0 bridgehead atoms. The number of rotatable bonds is 5. The van der Waals surface area contributed by atoms with E-state index in [1.165, 1.54) is 0 Å². The van der Waals surface area contributed by atoms with E-state index < -0.39 is 0 Å². The Kier molecular flexibility index (Phi) is 5.59. The van der Waals surface area contributed by atoms with E-state index in [9.17, 15) is 0 Å². The maximum Gasteiger partial charge on any atom is 0.0462 e. The van der Waals surface area contributed by atoms with Crippen LogP contribution in [0.5, 0.6) is 0 Å². The highest BCUT2D eigenvalue weighted by Gasteiger charge is 2.11. The minimum atomic E-state index is 1.07. The van der Waals surface area contributed by atoms with Crippen molar-refractivity contribution in [1.82, 2.24) is 0 Å². The van der Waals surface area contributed by atoms with Crippen molar-refractivity contribution in [2.24, 2.45) is 0 Å². The second-order valence-corrected chi connectivity index (χ2v) is 5.39. The highest BCUT2D eigenvalue weighted by Crippen LogP contribution is 2.31. The van der Waals surface area contributed by atoms with Crippen LogP contribution < -0.4 is 4.90 Å². The number of allylic oxidation sites excluding steroid dienone is 4. The van der Waals surface area contributed by atoms with Gasteiger partial charge in [-0.2, -0.15) is 0 Å². The van der Waals surface area contributed by atoms with E-state index in [1.807, 2.05) is 55.5 Å². The molecule has 0 aliphatic rings. The lowest BCUT2D eigenvalue weighted by Crippen LogP contribution is -2.14. The third-order valence-corrected chi connectivity index (χ3v) is 3.51. The van der Waals surface area contributed by atoms with E-state index in [0.717, 1.165) is 21.5 Å². The number of nitrogens with zero attached hydrogens (tertiary/aromatic N) is 1. The monoisotopic (exact) mass is 339 g/mol. The first kappa shape index (κ1) is 15.3. The summed E-state index contributed by atoms with van der Waals surface area (Å²) in [6, 6.07) is 18.6. The standard InChI is InChI=1S/C19H18BrN/c1-3-8-17(9-4-2)21(18-10-6-5-7-11-18)19-14-12-16(20)13-15-19/h3-15H,1H2,2H3/b9-4-,17-8+. The highest BCUT2D eigenvalue weighted by atomic mass is 79.9. The van der Waals surface area contributed by atoms with E-state index in [2.05, 4.69) is 57.8 Å². The van der Waals surface area contributed by atoms with E-state index in [4.69, 9.17) is 0 Å². The van der Waals surface area contributed by atoms with Crippen LogP contribution in [0.3, 0.4) is 0 Å². The molecule has 1 nitrogen and oxygen atoms in total. The fraction of sp³-hybridized carbons (Fsp3) is 0.0526. The number of hydrogen-bond donors (Lipinski definition) is 0. The summed E-state index contributed by atoms with van der Waals surface area (Å²) in [5.74, 6) is 0. The van der Waals surface area contributed by atoms with Gasteiger partial charge in [0.15, 0.2) is 0 Å². The fourth-order valence-electron chi connectivity index (χ4n) is 2.11. The van der Waals surface area contributed by atoms with Crippen LogP contribution >= 0.6 is 15.9 Å². The average molecular weight is 340 g/mol. The molecule has 0 heterocycles. The van der Waals surface area contributed by atoms with Crippen LogP contribution in [0.4, 0.5) is 11.4 Å². The molecule has 0 fully saturated rings. The van der Waals surface area contributed by atoms with Gasteiger partial charge in [0.05, 0.1) is 0 Å². The largest absolute Gasteiger partial charge is 0.311 e. The molecule has 2 heteroatoms. The van der Waals surface area contributed by atoms with E-state index in [0.29, 0.717) is 0 Å². The van der Waals surface area contributed by atoms with Crippen molar-refractivity contribution in [1.29, 1.82) is 0 Å². The van der Waals surface area contributed by atoms with Crippen LogP contribution in [0.15, 0.2) is 95.7 Å². The molecule has 0 aliphatic carbocycles. The maximum absolute atomic E-state index is 3.82. The smallest absolute Gasteiger partial charge is 0.0462 e. The molecular formula is C19H18BrN. The number of para-hydroxylation sites is 1. The van der Waals surface area contributed by atoms with Crippen LogP contribution in [-0.2, 0) is 0 Å². The zero-order valence-electron chi connectivity index (χ0n) is 12.0. The number of hydrogen-bond acceptors (Lipinski definition) is 1. The molecule has 0 saturated carbocycles. The third-order valence-electron chi connectivity index (χ3n) is 2.98. The van der Waals surface area contributed by atoms with Gasteiger partial charge >= 0.3 is 0 Å². The Hall–Kier alpha value is -2.06. The molecule has 0 saturated heterocycles. The van der Waals surface area contributed by atoms with Gasteiger partial charge in [0.2, 0.25) is 0 Å². The molecule has 0 atom stereocenters. The predicted octanol–water partition coefficient (Wildman–Crippen LogP) is 6.23. The normalized spacial score (nSPS) is 11.6. The second kappa shape index (κ2) is 7.65. The molecule has 0 N–H and O–H groups in total. The van der Waals surface area contributed by atoms with Gasteiger partial charge in [-0.3, -0.25) is 0 Å². The van der Waals surface area contributed by atoms with Crippen LogP contribution in [-0.4, -0.2) is 0 Å². The lowest BCUT2D eigenvalue weighted by Gasteiger charge is -2.26. The van der Waals surface area contributed by atoms with Crippen molar-refractivity contribution >= 4 is 27.3 Å². The van der Waals surface area contributed by atoms with Gasteiger partial charge < -0.3 is 4.90 Å². The molecule has 0 spiro atoms. The Labute approximate surface area is 135 Å². The van der Waals surface area contributed by atoms with Crippen molar-refractivity contribution in [3.05, 3.63) is 95.7 Å². The Morgan fingerprint density at radius 3 is 2.19 bits per heavy atom. The topological polar surface area (TPSA) is 3.24 Å². The van der Waals surface area contributed by atoms with Gasteiger partial charge in [0.25, 0.3) is 0 Å². The number of anilines is 2. The summed E-state index contributed by atoms with van der Waals surface area (Å²) < 4.78 is 1.07. The van der Waals surface area contributed by atoms with E-state index in [1.54, 1.807) is 0 Å². The number of halogens is 1. The average Bonchev–Trinajstić information content (AvgIpc) is 2.51. The Bertz CT molecular complexity index is 639. The summed E-state index contributed by atoms with van der Waals surface area (Å²) in [7, 11) is 0. The van der Waals surface area contributed by atoms with Crippen LogP contribution in [0.2, 0.25) is 0 Å². The van der Waals surface area contributed by atoms with Gasteiger partial charge in [-0.25, -0.2) is 0 Å². The van der Waals surface area contributed by atoms with Crippen molar-refractivity contribution in [3.63, 3.8) is 0 Å². The second-order valence-electron chi connectivity index (χ2n) is 4.47. The SMILES string of the molecule is C=C/C=C(\C=C/C)N(c1ccccc1)c1ccc(Br)cc1. The van der Waals surface area contributed by atoms with Gasteiger partial charge in [0, 0.05) is 21.5 Å². The summed E-state index contributed by atoms with van der Waals surface area (Å²) in [6.07, 6.45) is 7.93. The van der Waals surface area contributed by atoms with Crippen molar-refractivity contribution in [3.8, 4) is 0 Å². The first-order valence-electron chi connectivity index (χ1n) is 6.82. The zero-order valence-corrected chi connectivity index (χ0v) is 13.6. The molecule has 106 valence electrons. The molecular weight excluding hydrogens is 322 g/mol. The maximum atomic E-state index is 3.82. The highest BCUT2D eigenvalue weighted by molar-refractivity contribution is 9.10. The van der Waals surface area contributed by atoms with Gasteiger partial charge in [-0.15, -0.1) is 0 Å².